The summed E-state index contributed by atoms with van der Waals surface area (Å²) in [5.41, 5.74) is 2.49. The second kappa shape index (κ2) is 8.40. The van der Waals surface area contributed by atoms with Crippen molar-refractivity contribution in [1.29, 1.82) is 0 Å². The molecule has 1 aliphatic carbocycles. The van der Waals surface area contributed by atoms with Gasteiger partial charge in [0, 0.05) is 12.1 Å². The summed E-state index contributed by atoms with van der Waals surface area (Å²) < 4.78 is 6.78. The molecule has 3 aromatic carbocycles. The van der Waals surface area contributed by atoms with Gasteiger partial charge < -0.3 is 15.0 Å². The summed E-state index contributed by atoms with van der Waals surface area (Å²) in [4.78, 5) is 15.4. The monoisotopic (exact) mass is 466 g/mol. The van der Waals surface area contributed by atoms with Crippen LogP contribution in [0.25, 0.3) is 10.8 Å². The Morgan fingerprint density at radius 1 is 1.13 bits per heavy atom. The molecule has 1 N–H and O–H groups in total. The van der Waals surface area contributed by atoms with Gasteiger partial charge in [0.15, 0.2) is 0 Å². The molecular formula is C25H27BrN2O2. The zero-order valence-electron chi connectivity index (χ0n) is 17.7. The van der Waals surface area contributed by atoms with Crippen LogP contribution in [0.5, 0.6) is 5.75 Å². The largest absolute Gasteiger partial charge is 0.491 e. The molecule has 5 heteroatoms. The molecule has 0 unspecified atom stereocenters. The molecule has 0 aliphatic heterocycles. The molecular weight excluding hydrogens is 440 g/mol. The van der Waals surface area contributed by atoms with E-state index in [1.165, 1.54) is 16.3 Å². The van der Waals surface area contributed by atoms with Gasteiger partial charge >= 0.3 is 0 Å². The molecule has 0 saturated heterocycles. The van der Waals surface area contributed by atoms with Crippen LogP contribution in [0.4, 0.5) is 0 Å². The van der Waals surface area contributed by atoms with Crippen LogP contribution in [0.3, 0.4) is 0 Å². The Labute approximate surface area is 186 Å². The standard InChI is InChI=1S/C25H27BrN2O2/c1-17-15-22(26)23(30-14-13-28(2)3)16-20(17)24(29)27-25(11-12-25)21-10-6-8-18-7-4-5-9-19(18)21/h4-10,15-16H,11-14H2,1-3H3,(H,27,29). The maximum atomic E-state index is 13.3. The maximum Gasteiger partial charge on any atom is 0.252 e. The average Bonchev–Trinajstić information content (AvgIpc) is 3.49. The molecule has 1 amide bonds. The number of fused-ring (bicyclic) bond motifs is 1. The van der Waals surface area contributed by atoms with Crippen molar-refractivity contribution >= 4 is 32.6 Å². The third-order valence-electron chi connectivity index (χ3n) is 5.73. The topological polar surface area (TPSA) is 41.6 Å². The van der Waals surface area contributed by atoms with Gasteiger partial charge in [-0.1, -0.05) is 42.5 Å². The van der Waals surface area contributed by atoms with Gasteiger partial charge in [0.1, 0.15) is 12.4 Å². The molecule has 0 bridgehead atoms. The highest BCUT2D eigenvalue weighted by Gasteiger charge is 2.46. The van der Waals surface area contributed by atoms with Gasteiger partial charge in [-0.3, -0.25) is 4.79 Å². The smallest absolute Gasteiger partial charge is 0.252 e. The number of nitrogens with zero attached hydrogens (tertiary/aromatic N) is 1. The first-order chi connectivity index (χ1) is 14.4. The van der Waals surface area contributed by atoms with Crippen molar-refractivity contribution in [1.82, 2.24) is 10.2 Å². The molecule has 4 rings (SSSR count). The number of rotatable bonds is 7. The quantitative estimate of drug-likeness (QED) is 0.515. The van der Waals surface area contributed by atoms with E-state index in [1.807, 2.05) is 39.2 Å². The lowest BCUT2D eigenvalue weighted by atomic mass is 9.96. The van der Waals surface area contributed by atoms with Crippen molar-refractivity contribution in [3.63, 3.8) is 0 Å². The van der Waals surface area contributed by atoms with E-state index in [0.717, 1.165) is 29.4 Å². The highest BCUT2D eigenvalue weighted by molar-refractivity contribution is 9.10. The first kappa shape index (κ1) is 20.9. The van der Waals surface area contributed by atoms with Gasteiger partial charge in [0.2, 0.25) is 0 Å². The maximum absolute atomic E-state index is 13.3. The second-order valence-corrected chi connectivity index (χ2v) is 9.17. The first-order valence-corrected chi connectivity index (χ1v) is 11.1. The van der Waals surface area contributed by atoms with Gasteiger partial charge in [-0.05, 0) is 83.8 Å². The van der Waals surface area contributed by atoms with Crippen molar-refractivity contribution in [2.24, 2.45) is 0 Å². The fourth-order valence-electron chi connectivity index (χ4n) is 3.86. The number of likely N-dealkylation sites (N-methyl/N-ethyl adjacent to an activating group) is 1. The van der Waals surface area contributed by atoms with Crippen molar-refractivity contribution in [3.05, 3.63) is 75.8 Å². The number of nitrogens with one attached hydrogen (secondary N) is 1. The van der Waals surface area contributed by atoms with Crippen LogP contribution in [0.1, 0.15) is 34.3 Å². The minimum Gasteiger partial charge on any atom is -0.491 e. The molecule has 30 heavy (non-hydrogen) atoms. The van der Waals surface area contributed by atoms with E-state index in [0.29, 0.717) is 17.9 Å². The van der Waals surface area contributed by atoms with Gasteiger partial charge in [-0.15, -0.1) is 0 Å². The van der Waals surface area contributed by atoms with E-state index in [-0.39, 0.29) is 11.4 Å². The molecule has 1 saturated carbocycles. The van der Waals surface area contributed by atoms with Gasteiger partial charge in [-0.2, -0.15) is 0 Å². The highest BCUT2D eigenvalue weighted by Crippen LogP contribution is 2.48. The van der Waals surface area contributed by atoms with Gasteiger partial charge in [0.05, 0.1) is 10.0 Å². The van der Waals surface area contributed by atoms with Crippen LogP contribution in [0.2, 0.25) is 0 Å². The fourth-order valence-corrected chi connectivity index (χ4v) is 4.43. The molecule has 0 radical (unpaired) electrons. The van der Waals surface area contributed by atoms with Crippen molar-refractivity contribution in [3.8, 4) is 5.75 Å². The number of carbonyl (C=O) groups is 1. The van der Waals surface area contributed by atoms with Crippen LogP contribution in [0, 0.1) is 6.92 Å². The van der Waals surface area contributed by atoms with E-state index >= 15 is 0 Å². The minimum absolute atomic E-state index is 0.0529. The number of benzene rings is 3. The van der Waals surface area contributed by atoms with Crippen molar-refractivity contribution in [2.75, 3.05) is 27.2 Å². The number of ether oxygens (including phenoxy) is 1. The summed E-state index contributed by atoms with van der Waals surface area (Å²) in [7, 11) is 4.02. The highest BCUT2D eigenvalue weighted by atomic mass is 79.9. The van der Waals surface area contributed by atoms with E-state index in [9.17, 15) is 4.79 Å². The van der Waals surface area contributed by atoms with E-state index < -0.39 is 0 Å². The SMILES string of the molecule is Cc1cc(Br)c(OCCN(C)C)cc1C(=O)NC1(c2cccc3ccccc23)CC1. The van der Waals surface area contributed by atoms with Gasteiger partial charge in [0.25, 0.3) is 5.91 Å². The number of hydrogen-bond donors (Lipinski definition) is 1. The molecule has 3 aromatic rings. The number of carbonyl (C=O) groups excluding carboxylic acids is 1. The Balaban J connectivity index is 1.59. The van der Waals surface area contributed by atoms with Crippen molar-refractivity contribution < 1.29 is 9.53 Å². The molecule has 0 heterocycles. The van der Waals surface area contributed by atoms with Crippen molar-refractivity contribution in [2.45, 2.75) is 25.3 Å². The van der Waals surface area contributed by atoms with Crippen LogP contribution in [0.15, 0.2) is 59.1 Å². The number of halogens is 1. The third-order valence-corrected chi connectivity index (χ3v) is 6.35. The Morgan fingerprint density at radius 3 is 2.60 bits per heavy atom. The van der Waals surface area contributed by atoms with Crippen LogP contribution in [-0.4, -0.2) is 38.1 Å². The molecule has 0 atom stereocenters. The zero-order chi connectivity index (χ0) is 21.3. The summed E-state index contributed by atoms with van der Waals surface area (Å²) in [6.07, 6.45) is 1.91. The first-order valence-electron chi connectivity index (χ1n) is 10.3. The summed E-state index contributed by atoms with van der Waals surface area (Å²) in [6, 6.07) is 18.5. The molecule has 0 spiro atoms. The molecule has 4 nitrogen and oxygen atoms in total. The molecule has 1 aliphatic rings. The number of aryl methyl sites for hydroxylation is 1. The Morgan fingerprint density at radius 2 is 1.87 bits per heavy atom. The Bertz CT molecular complexity index is 1080. The zero-order valence-corrected chi connectivity index (χ0v) is 19.3. The molecule has 0 aromatic heterocycles. The number of hydrogen-bond acceptors (Lipinski definition) is 3. The number of amides is 1. The average molecular weight is 467 g/mol. The van der Waals surface area contributed by atoms with E-state index in [4.69, 9.17) is 4.74 Å². The van der Waals surface area contributed by atoms with Crippen LogP contribution >= 0.6 is 15.9 Å². The minimum atomic E-state index is -0.288. The second-order valence-electron chi connectivity index (χ2n) is 8.31. The summed E-state index contributed by atoms with van der Waals surface area (Å²) >= 11 is 3.56. The van der Waals surface area contributed by atoms with Crippen LogP contribution < -0.4 is 10.1 Å². The lowest BCUT2D eigenvalue weighted by molar-refractivity contribution is 0.0930. The normalized spacial score (nSPS) is 14.7. The lowest BCUT2D eigenvalue weighted by Gasteiger charge is -2.21. The summed E-state index contributed by atoms with van der Waals surface area (Å²) in [5, 5.41) is 5.74. The van der Waals surface area contributed by atoms with Crippen LogP contribution in [-0.2, 0) is 5.54 Å². The van der Waals surface area contributed by atoms with E-state index in [1.54, 1.807) is 0 Å². The van der Waals surface area contributed by atoms with Gasteiger partial charge in [-0.25, -0.2) is 0 Å². The summed E-state index contributed by atoms with van der Waals surface area (Å²) in [5.74, 6) is 0.644. The Kier molecular flexibility index (Phi) is 5.85. The Hall–Kier alpha value is -2.37. The summed E-state index contributed by atoms with van der Waals surface area (Å²) in [6.45, 7) is 3.34. The fraction of sp³-hybridized carbons (Fsp3) is 0.320. The van der Waals surface area contributed by atoms with E-state index in [2.05, 4.69) is 62.5 Å². The predicted octanol–water partition coefficient (Wildman–Crippen LogP) is 5.27. The predicted molar refractivity (Wildman–Crippen MR) is 125 cm³/mol. The molecule has 156 valence electrons. The third kappa shape index (κ3) is 4.23. The molecule has 1 fully saturated rings. The lowest BCUT2D eigenvalue weighted by Crippen LogP contribution is -2.35.